The Morgan fingerprint density at radius 1 is 0.561 bits per heavy atom. The Labute approximate surface area is 228 Å². The standard InChI is InChI=1S/C9H14F6N2O2S.C5H12N2.C4H3F7O2S/c1-7(10,11)8(12,13)9(14,15)20(18,19)17-5-3-16(2)4-6-17;1-7-4-2-6-3-5-7;1-2(5,6)3(7,8)4(9,10)14(11,12)13/h3-6H2,1-2H3;6H,2-5H2,1H3;1H3. The molecule has 2 heterocycles. The first-order valence-corrected chi connectivity index (χ1v) is 14.0. The van der Waals surface area contributed by atoms with E-state index in [-0.39, 0.29) is 17.4 Å². The molecule has 0 unspecified atom stereocenters. The van der Waals surface area contributed by atoms with E-state index in [2.05, 4.69) is 17.3 Å². The number of rotatable bonds is 7. The average Bonchev–Trinajstić information content (AvgIpc) is 2.78. The Balaban J connectivity index is 0.000000656. The molecule has 2 aliphatic rings. The molecule has 2 fully saturated rings. The molecule has 0 aromatic rings. The van der Waals surface area contributed by atoms with Crippen LogP contribution in [-0.4, -0.2) is 132 Å². The summed E-state index contributed by atoms with van der Waals surface area (Å²) in [5.41, 5.74) is 0. The van der Waals surface area contributed by atoms with Crippen LogP contribution in [0.3, 0.4) is 0 Å². The molecule has 0 saturated carbocycles. The van der Waals surface area contributed by atoms with E-state index in [0.717, 1.165) is 13.1 Å². The molecule has 0 bridgehead atoms. The van der Waals surface area contributed by atoms with Crippen LogP contribution in [0, 0.1) is 0 Å². The van der Waals surface area contributed by atoms with Crippen molar-refractivity contribution in [3.63, 3.8) is 0 Å². The lowest BCUT2D eigenvalue weighted by Crippen LogP contribution is -2.62. The summed E-state index contributed by atoms with van der Waals surface area (Å²) >= 11 is 0. The molecular formula is C18H29F13N4O4S2. The largest absolute Gasteiger partial charge is 0.442 e. The van der Waals surface area contributed by atoms with Gasteiger partial charge in [0.05, 0.1) is 0 Å². The maximum Gasteiger partial charge on any atom is 0.442 e. The summed E-state index contributed by atoms with van der Waals surface area (Å²) < 4.78 is 204. The predicted octanol–water partition coefficient (Wildman–Crippen LogP) is 3.14. The van der Waals surface area contributed by atoms with Gasteiger partial charge in [-0.3, -0.25) is 0 Å². The lowest BCUT2D eigenvalue weighted by molar-refractivity contribution is -0.272. The highest BCUT2D eigenvalue weighted by molar-refractivity contribution is 7.90. The highest BCUT2D eigenvalue weighted by Crippen LogP contribution is 2.50. The van der Waals surface area contributed by atoms with Crippen molar-refractivity contribution in [2.24, 2.45) is 0 Å². The number of halogens is 13. The third-order valence-corrected chi connectivity index (χ3v) is 8.42. The Hall–Kier alpha value is -1.17. The van der Waals surface area contributed by atoms with Crippen LogP contribution in [0.15, 0.2) is 0 Å². The summed E-state index contributed by atoms with van der Waals surface area (Å²) in [6.45, 7) is 2.83. The van der Waals surface area contributed by atoms with Gasteiger partial charge in [0.25, 0.3) is 10.0 Å². The zero-order chi connectivity index (χ0) is 33.1. The minimum Gasteiger partial charge on any atom is -0.314 e. The van der Waals surface area contributed by atoms with Gasteiger partial charge in [0.2, 0.25) is 0 Å². The van der Waals surface area contributed by atoms with Gasteiger partial charge in [-0.05, 0) is 14.1 Å². The van der Waals surface area contributed by atoms with Gasteiger partial charge in [0, 0.05) is 66.2 Å². The van der Waals surface area contributed by atoms with Gasteiger partial charge in [-0.25, -0.2) is 8.42 Å². The Kier molecular flexibility index (Phi) is 12.8. The van der Waals surface area contributed by atoms with Crippen molar-refractivity contribution < 1.29 is 73.4 Å². The lowest BCUT2D eigenvalue weighted by atomic mass is 10.2. The summed E-state index contributed by atoms with van der Waals surface area (Å²) in [7, 11) is -9.26. The quantitative estimate of drug-likeness (QED) is 0.328. The van der Waals surface area contributed by atoms with Gasteiger partial charge < -0.3 is 15.1 Å². The molecule has 0 radical (unpaired) electrons. The van der Waals surface area contributed by atoms with Gasteiger partial charge in [0.15, 0.2) is 0 Å². The molecule has 0 atom stereocenters. The Bertz CT molecular complexity index is 1050. The van der Waals surface area contributed by atoms with Crippen LogP contribution in [0.4, 0.5) is 56.6 Å². The van der Waals surface area contributed by atoms with Crippen LogP contribution in [0.2, 0.25) is 0 Å². The fourth-order valence-electron chi connectivity index (χ4n) is 2.79. The first-order valence-electron chi connectivity index (χ1n) is 11.2. The summed E-state index contributed by atoms with van der Waals surface area (Å²) in [5, 5.41) is -9.07. The number of alkyl halides is 12. The van der Waals surface area contributed by atoms with E-state index in [4.69, 9.17) is 0 Å². The second-order valence-corrected chi connectivity index (χ2v) is 12.5. The molecular weight excluding hydrogens is 647 g/mol. The van der Waals surface area contributed by atoms with Gasteiger partial charge in [-0.2, -0.15) is 65.4 Å². The Morgan fingerprint density at radius 3 is 1.12 bits per heavy atom. The number of hydrogen-bond acceptors (Lipinski definition) is 7. The number of hydrogen-bond donors (Lipinski definition) is 1. The van der Waals surface area contributed by atoms with Crippen molar-refractivity contribution in [2.75, 3.05) is 66.5 Å². The zero-order valence-electron chi connectivity index (χ0n) is 21.9. The van der Waals surface area contributed by atoms with E-state index in [0.29, 0.717) is 0 Å². The third-order valence-electron chi connectivity index (χ3n) is 5.61. The van der Waals surface area contributed by atoms with Gasteiger partial charge in [0.1, 0.15) is 0 Å². The molecule has 0 aromatic carbocycles. The zero-order valence-corrected chi connectivity index (χ0v) is 23.5. The highest BCUT2D eigenvalue weighted by Gasteiger charge is 2.77. The van der Waals surface area contributed by atoms with Crippen molar-refractivity contribution in [2.45, 2.75) is 48.0 Å². The topological polar surface area (TPSA) is 90.0 Å². The lowest BCUT2D eigenvalue weighted by Gasteiger charge is -2.37. The summed E-state index contributed by atoms with van der Waals surface area (Å²) in [5.74, 6) is -22.8. The summed E-state index contributed by atoms with van der Waals surface area (Å²) in [6, 6.07) is 0. The third kappa shape index (κ3) is 8.92. The summed E-state index contributed by atoms with van der Waals surface area (Å²) in [6.07, 6.45) is 0. The monoisotopic (exact) mass is 676 g/mol. The molecule has 0 aromatic heterocycles. The molecule has 2 aliphatic heterocycles. The number of likely N-dealkylation sites (N-methyl/N-ethyl adjacent to an activating group) is 2. The molecule has 248 valence electrons. The maximum atomic E-state index is 13.5. The van der Waals surface area contributed by atoms with Gasteiger partial charge in [-0.15, -0.1) is 0 Å². The van der Waals surface area contributed by atoms with Crippen molar-refractivity contribution in [1.82, 2.24) is 19.4 Å². The van der Waals surface area contributed by atoms with Gasteiger partial charge >= 0.3 is 44.4 Å². The number of nitrogens with zero attached hydrogens (tertiary/aromatic N) is 3. The van der Waals surface area contributed by atoms with Crippen molar-refractivity contribution in [3.8, 4) is 0 Å². The number of sulfonamides is 1. The van der Waals surface area contributed by atoms with Crippen molar-refractivity contribution in [1.29, 1.82) is 0 Å². The molecule has 2 saturated heterocycles. The van der Waals surface area contributed by atoms with Crippen molar-refractivity contribution in [3.05, 3.63) is 0 Å². The first kappa shape index (κ1) is 39.8. The molecule has 2 rings (SSSR count). The van der Waals surface area contributed by atoms with Crippen LogP contribution in [0.5, 0.6) is 0 Å². The maximum absolute atomic E-state index is 13.5. The van der Waals surface area contributed by atoms with E-state index < -0.39 is 81.4 Å². The number of nitrogens with one attached hydrogen (secondary N) is 1. The fraction of sp³-hybridized carbons (Fsp3) is 1.00. The molecule has 0 aliphatic carbocycles. The van der Waals surface area contributed by atoms with Gasteiger partial charge in [-0.1, -0.05) is 3.89 Å². The van der Waals surface area contributed by atoms with Crippen LogP contribution in [0.25, 0.3) is 0 Å². The second kappa shape index (κ2) is 13.2. The molecule has 0 spiro atoms. The minimum absolute atomic E-state index is 0.0450. The minimum atomic E-state index is -7.11. The van der Waals surface area contributed by atoms with Crippen LogP contribution in [0.1, 0.15) is 13.8 Å². The smallest absolute Gasteiger partial charge is 0.314 e. The average molecular weight is 677 g/mol. The number of piperazine rings is 2. The van der Waals surface area contributed by atoms with E-state index in [1.807, 2.05) is 0 Å². The van der Waals surface area contributed by atoms with E-state index in [9.17, 15) is 73.4 Å². The molecule has 41 heavy (non-hydrogen) atoms. The predicted molar refractivity (Wildman–Crippen MR) is 119 cm³/mol. The molecule has 8 nitrogen and oxygen atoms in total. The van der Waals surface area contributed by atoms with Crippen molar-refractivity contribution >= 4 is 20.2 Å². The van der Waals surface area contributed by atoms with E-state index in [1.54, 1.807) is 11.9 Å². The highest BCUT2D eigenvalue weighted by atomic mass is 32.3. The molecule has 1 N–H and O–H groups in total. The van der Waals surface area contributed by atoms with Crippen LogP contribution >= 0.6 is 0 Å². The SMILES string of the molecule is CC(F)(F)C(F)(F)C(F)(F)S(=O)(=O)F.CN1CCN(S(=O)(=O)C(F)(F)C(F)(F)C(C)(F)F)CC1.CN1CCNCC1. The van der Waals surface area contributed by atoms with E-state index >= 15 is 0 Å². The normalized spacial score (nSPS) is 20.0. The molecule has 0 amide bonds. The van der Waals surface area contributed by atoms with E-state index in [1.165, 1.54) is 13.1 Å². The van der Waals surface area contributed by atoms with Crippen LogP contribution in [-0.2, 0) is 20.2 Å². The second-order valence-electron chi connectivity index (χ2n) is 9.16. The fourth-order valence-corrected chi connectivity index (χ4v) is 4.75. The summed E-state index contributed by atoms with van der Waals surface area (Å²) in [4.78, 5) is 3.92. The van der Waals surface area contributed by atoms with Crippen LogP contribution < -0.4 is 5.32 Å². The molecule has 23 heteroatoms. The Morgan fingerprint density at radius 2 is 0.878 bits per heavy atom. The first-order chi connectivity index (χ1) is 17.9.